The van der Waals surface area contributed by atoms with Crippen LogP contribution in [0.25, 0.3) is 0 Å². The molecule has 6 nitrogen and oxygen atoms in total. The van der Waals surface area contributed by atoms with Crippen LogP contribution >= 0.6 is 12.4 Å². The molecule has 26 heavy (non-hydrogen) atoms. The van der Waals surface area contributed by atoms with Crippen molar-refractivity contribution in [3.05, 3.63) is 29.8 Å². The highest BCUT2D eigenvalue weighted by molar-refractivity contribution is 5.85. The summed E-state index contributed by atoms with van der Waals surface area (Å²) in [7, 11) is 0. The maximum Gasteiger partial charge on any atom is 0.222 e. The van der Waals surface area contributed by atoms with E-state index in [2.05, 4.69) is 10.6 Å². The first-order chi connectivity index (χ1) is 12.0. The third-order valence-electron chi connectivity index (χ3n) is 4.50. The summed E-state index contributed by atoms with van der Waals surface area (Å²) in [6, 6.07) is 7.52. The molecule has 0 aliphatic heterocycles. The number of amides is 2. The molecule has 1 unspecified atom stereocenters. The van der Waals surface area contributed by atoms with Gasteiger partial charge < -0.3 is 21.1 Å². The lowest BCUT2D eigenvalue weighted by Gasteiger charge is -2.28. The fourth-order valence-electron chi connectivity index (χ4n) is 3.27. The molecule has 1 aliphatic carbocycles. The van der Waals surface area contributed by atoms with E-state index >= 15 is 0 Å². The Morgan fingerprint density at radius 1 is 1.23 bits per heavy atom. The number of hydrogen-bond acceptors (Lipinski definition) is 4. The van der Waals surface area contributed by atoms with Gasteiger partial charge >= 0.3 is 0 Å². The van der Waals surface area contributed by atoms with Crippen LogP contribution in [0.5, 0.6) is 5.75 Å². The van der Waals surface area contributed by atoms with Crippen LogP contribution in [0.2, 0.25) is 0 Å². The van der Waals surface area contributed by atoms with Gasteiger partial charge in [0.2, 0.25) is 11.8 Å². The van der Waals surface area contributed by atoms with Crippen molar-refractivity contribution in [2.45, 2.75) is 64.1 Å². The van der Waals surface area contributed by atoms with Gasteiger partial charge in [-0.3, -0.25) is 9.59 Å². The average Bonchev–Trinajstić information content (AvgIpc) is 2.57. The maximum atomic E-state index is 12.5. The molecule has 0 bridgehead atoms. The van der Waals surface area contributed by atoms with Crippen LogP contribution in [-0.2, 0) is 9.59 Å². The second kappa shape index (κ2) is 11.0. The number of carbonyl (C=O) groups is 2. The van der Waals surface area contributed by atoms with Gasteiger partial charge in [-0.2, -0.15) is 0 Å². The molecule has 1 saturated carbocycles. The Hall–Kier alpha value is -1.79. The summed E-state index contributed by atoms with van der Waals surface area (Å²) in [6.45, 7) is 3.89. The highest BCUT2D eigenvalue weighted by Crippen LogP contribution is 2.27. The number of ether oxygens (including phenoxy) is 1. The molecule has 1 atom stereocenters. The summed E-state index contributed by atoms with van der Waals surface area (Å²) in [4.78, 5) is 24.1. The fourth-order valence-corrected chi connectivity index (χ4v) is 3.27. The number of carbonyl (C=O) groups excluding carboxylic acids is 2. The molecular weight excluding hydrogens is 354 g/mol. The van der Waals surface area contributed by atoms with Gasteiger partial charge in [-0.05, 0) is 38.7 Å². The third kappa shape index (κ3) is 6.84. The van der Waals surface area contributed by atoms with Gasteiger partial charge in [-0.25, -0.2) is 0 Å². The highest BCUT2D eigenvalue weighted by atomic mass is 35.5. The van der Waals surface area contributed by atoms with Crippen molar-refractivity contribution in [2.24, 2.45) is 5.73 Å². The van der Waals surface area contributed by atoms with Crippen molar-refractivity contribution in [3.8, 4) is 5.75 Å². The Morgan fingerprint density at radius 3 is 2.50 bits per heavy atom. The Bertz CT molecular complexity index is 589. The van der Waals surface area contributed by atoms with Crippen LogP contribution in [0.1, 0.15) is 57.6 Å². The van der Waals surface area contributed by atoms with E-state index in [4.69, 9.17) is 10.5 Å². The van der Waals surface area contributed by atoms with E-state index in [1.165, 1.54) is 6.92 Å². The topological polar surface area (TPSA) is 93.4 Å². The number of nitrogens with one attached hydrogen (secondary N) is 2. The van der Waals surface area contributed by atoms with Gasteiger partial charge in [-0.1, -0.05) is 18.2 Å². The first-order valence-electron chi connectivity index (χ1n) is 9.03. The van der Waals surface area contributed by atoms with E-state index < -0.39 is 6.04 Å². The van der Waals surface area contributed by atoms with Crippen molar-refractivity contribution in [1.82, 2.24) is 10.6 Å². The SMILES string of the molecule is CCOc1ccccc1C(CC(=O)NC1CCC(N)CC1)NC(C)=O.Cl. The van der Waals surface area contributed by atoms with E-state index in [9.17, 15) is 9.59 Å². The zero-order valence-electron chi connectivity index (χ0n) is 15.5. The Balaban J connectivity index is 0.00000338. The standard InChI is InChI=1S/C19H29N3O3.ClH/c1-3-25-18-7-5-4-6-16(18)17(21-13(2)23)12-19(24)22-15-10-8-14(20)9-11-15;/h4-7,14-15,17H,3,8-12,20H2,1-2H3,(H,21,23)(H,22,24);1H. The molecule has 4 N–H and O–H groups in total. The molecule has 0 spiro atoms. The third-order valence-corrected chi connectivity index (χ3v) is 4.50. The van der Waals surface area contributed by atoms with E-state index in [0.29, 0.717) is 12.4 Å². The van der Waals surface area contributed by atoms with Crippen LogP contribution < -0.4 is 21.1 Å². The van der Waals surface area contributed by atoms with Gasteiger partial charge in [0.15, 0.2) is 0 Å². The van der Waals surface area contributed by atoms with Crippen LogP contribution in [0, 0.1) is 0 Å². The largest absolute Gasteiger partial charge is 0.494 e. The van der Waals surface area contributed by atoms with Crippen molar-refractivity contribution in [2.75, 3.05) is 6.61 Å². The first-order valence-corrected chi connectivity index (χ1v) is 9.03. The molecule has 1 aromatic rings. The molecule has 7 heteroatoms. The average molecular weight is 384 g/mol. The second-order valence-corrected chi connectivity index (χ2v) is 6.61. The van der Waals surface area contributed by atoms with E-state index in [1.54, 1.807) is 0 Å². The molecule has 1 aliphatic rings. The quantitative estimate of drug-likeness (QED) is 0.674. The lowest BCUT2D eigenvalue weighted by Crippen LogP contribution is -2.42. The summed E-state index contributed by atoms with van der Waals surface area (Å²) < 4.78 is 5.65. The molecule has 0 aromatic heterocycles. The van der Waals surface area contributed by atoms with E-state index in [-0.39, 0.29) is 42.7 Å². The van der Waals surface area contributed by atoms with Gasteiger partial charge in [0.25, 0.3) is 0 Å². The Labute approximate surface area is 161 Å². The molecule has 146 valence electrons. The van der Waals surface area contributed by atoms with Crippen molar-refractivity contribution < 1.29 is 14.3 Å². The molecular formula is C19H30ClN3O3. The van der Waals surface area contributed by atoms with Crippen LogP contribution in [0.3, 0.4) is 0 Å². The molecule has 2 amide bonds. The number of hydrogen-bond donors (Lipinski definition) is 3. The predicted molar refractivity (Wildman–Crippen MR) is 104 cm³/mol. The van der Waals surface area contributed by atoms with Crippen LogP contribution in [0.15, 0.2) is 24.3 Å². The van der Waals surface area contributed by atoms with Crippen molar-refractivity contribution in [3.63, 3.8) is 0 Å². The molecule has 1 aromatic carbocycles. The highest BCUT2D eigenvalue weighted by Gasteiger charge is 2.24. The monoisotopic (exact) mass is 383 g/mol. The fraction of sp³-hybridized carbons (Fsp3) is 0.579. The number of benzene rings is 1. The van der Waals surface area contributed by atoms with Gasteiger partial charge in [-0.15, -0.1) is 12.4 Å². The van der Waals surface area contributed by atoms with E-state index in [1.807, 2.05) is 31.2 Å². The minimum atomic E-state index is -0.411. The predicted octanol–water partition coefficient (Wildman–Crippen LogP) is 2.46. The van der Waals surface area contributed by atoms with Gasteiger partial charge in [0.05, 0.1) is 19.1 Å². The number of rotatable bonds is 7. The summed E-state index contributed by atoms with van der Waals surface area (Å²) in [5.74, 6) is 0.457. The Morgan fingerprint density at radius 2 is 1.88 bits per heavy atom. The normalized spacial score (nSPS) is 20.4. The lowest BCUT2D eigenvalue weighted by atomic mass is 9.91. The zero-order valence-corrected chi connectivity index (χ0v) is 16.3. The van der Waals surface area contributed by atoms with Crippen molar-refractivity contribution in [1.29, 1.82) is 0 Å². The molecule has 0 saturated heterocycles. The number of halogens is 1. The van der Waals surface area contributed by atoms with E-state index in [0.717, 1.165) is 31.2 Å². The number of nitrogens with two attached hydrogens (primary N) is 1. The summed E-state index contributed by atoms with van der Waals surface area (Å²) in [6.07, 6.45) is 3.88. The minimum Gasteiger partial charge on any atom is -0.494 e. The second-order valence-electron chi connectivity index (χ2n) is 6.61. The zero-order chi connectivity index (χ0) is 18.2. The van der Waals surface area contributed by atoms with Gasteiger partial charge in [0.1, 0.15) is 5.75 Å². The summed E-state index contributed by atoms with van der Waals surface area (Å²) >= 11 is 0. The van der Waals surface area contributed by atoms with Crippen LogP contribution in [0.4, 0.5) is 0 Å². The maximum absolute atomic E-state index is 12.5. The number of para-hydroxylation sites is 1. The molecule has 0 radical (unpaired) electrons. The first kappa shape index (κ1) is 22.3. The molecule has 1 fully saturated rings. The summed E-state index contributed by atoms with van der Waals surface area (Å²) in [5, 5.41) is 5.95. The van der Waals surface area contributed by atoms with Crippen LogP contribution in [-0.4, -0.2) is 30.5 Å². The lowest BCUT2D eigenvalue weighted by molar-refractivity contribution is -0.123. The molecule has 0 heterocycles. The Kier molecular flexibility index (Phi) is 9.44. The smallest absolute Gasteiger partial charge is 0.222 e. The summed E-state index contributed by atoms with van der Waals surface area (Å²) in [5.41, 5.74) is 6.73. The molecule has 2 rings (SSSR count). The van der Waals surface area contributed by atoms with Crippen molar-refractivity contribution >= 4 is 24.2 Å². The van der Waals surface area contributed by atoms with Gasteiger partial charge in [0, 0.05) is 24.6 Å². The minimum absolute atomic E-state index is 0.